The fraction of sp³-hybridized carbons (Fsp3) is 0.188. The van der Waals surface area contributed by atoms with Gasteiger partial charge in [-0.15, -0.1) is 0 Å². The summed E-state index contributed by atoms with van der Waals surface area (Å²) in [6.45, 7) is 1.86. The molecule has 1 N–H and O–H groups in total. The summed E-state index contributed by atoms with van der Waals surface area (Å²) < 4.78 is 19.3. The fourth-order valence-corrected chi connectivity index (χ4v) is 2.20. The van der Waals surface area contributed by atoms with Gasteiger partial charge in [-0.1, -0.05) is 29.8 Å². The van der Waals surface area contributed by atoms with Crippen molar-refractivity contribution in [1.29, 1.82) is 0 Å². The number of rotatable bonds is 3. The van der Waals surface area contributed by atoms with Crippen molar-refractivity contribution in [1.82, 2.24) is 4.98 Å². The van der Waals surface area contributed by atoms with Crippen molar-refractivity contribution in [2.24, 2.45) is 0 Å². The minimum atomic E-state index is -0.969. The van der Waals surface area contributed by atoms with E-state index in [2.05, 4.69) is 4.98 Å². The van der Waals surface area contributed by atoms with Crippen molar-refractivity contribution in [3.05, 3.63) is 65.3 Å². The molecule has 0 saturated heterocycles. The van der Waals surface area contributed by atoms with E-state index in [4.69, 9.17) is 4.42 Å². The van der Waals surface area contributed by atoms with Crippen LogP contribution in [-0.4, -0.2) is 10.1 Å². The number of benzene rings is 2. The van der Waals surface area contributed by atoms with Gasteiger partial charge in [-0.3, -0.25) is 0 Å². The lowest BCUT2D eigenvalue weighted by Crippen LogP contribution is -2.05. The van der Waals surface area contributed by atoms with Gasteiger partial charge >= 0.3 is 0 Å². The maximum absolute atomic E-state index is 13.7. The Kier molecular flexibility index (Phi) is 3.24. The third-order valence-electron chi connectivity index (χ3n) is 3.22. The van der Waals surface area contributed by atoms with Gasteiger partial charge in [-0.25, -0.2) is 9.37 Å². The molecule has 0 amide bonds. The molecule has 0 spiro atoms. The van der Waals surface area contributed by atoms with Crippen LogP contribution in [0.25, 0.3) is 11.1 Å². The Labute approximate surface area is 115 Å². The molecule has 20 heavy (non-hydrogen) atoms. The summed E-state index contributed by atoms with van der Waals surface area (Å²) >= 11 is 0. The van der Waals surface area contributed by atoms with Crippen LogP contribution in [0, 0.1) is 12.7 Å². The second kappa shape index (κ2) is 5.06. The molecule has 3 nitrogen and oxygen atoms in total. The van der Waals surface area contributed by atoms with Gasteiger partial charge in [0.15, 0.2) is 11.5 Å². The van der Waals surface area contributed by atoms with Gasteiger partial charge < -0.3 is 9.52 Å². The average molecular weight is 271 g/mol. The molecule has 0 aliphatic carbocycles. The van der Waals surface area contributed by atoms with Gasteiger partial charge in [0.1, 0.15) is 11.3 Å². The standard InChI is InChI=1S/C16H14FNO2/c1-10-6-7-12(17)11(8-10)14(19)9-16-18-13-4-2-3-5-15(13)20-16/h2-8,14,19H,9H2,1H3. The smallest absolute Gasteiger partial charge is 0.198 e. The van der Waals surface area contributed by atoms with Gasteiger partial charge in [-0.2, -0.15) is 0 Å². The fourth-order valence-electron chi connectivity index (χ4n) is 2.20. The number of aliphatic hydroxyl groups is 1. The highest BCUT2D eigenvalue weighted by molar-refractivity contribution is 5.72. The predicted molar refractivity (Wildman–Crippen MR) is 73.8 cm³/mol. The molecule has 0 saturated carbocycles. The molecule has 1 atom stereocenters. The van der Waals surface area contributed by atoms with Gasteiger partial charge in [-0.05, 0) is 25.1 Å². The molecule has 0 bridgehead atoms. The zero-order chi connectivity index (χ0) is 14.1. The highest BCUT2D eigenvalue weighted by atomic mass is 19.1. The highest BCUT2D eigenvalue weighted by Gasteiger charge is 2.17. The monoisotopic (exact) mass is 271 g/mol. The third kappa shape index (κ3) is 2.42. The van der Waals surface area contributed by atoms with Crippen molar-refractivity contribution >= 4 is 11.1 Å². The van der Waals surface area contributed by atoms with E-state index < -0.39 is 11.9 Å². The maximum Gasteiger partial charge on any atom is 0.198 e. The van der Waals surface area contributed by atoms with Gasteiger partial charge in [0.05, 0.1) is 12.5 Å². The van der Waals surface area contributed by atoms with Crippen LogP contribution >= 0.6 is 0 Å². The Balaban J connectivity index is 1.88. The molecule has 1 heterocycles. The van der Waals surface area contributed by atoms with Gasteiger partial charge in [0, 0.05) is 5.56 Å². The normalized spacial score (nSPS) is 12.8. The van der Waals surface area contributed by atoms with E-state index in [0.29, 0.717) is 11.5 Å². The van der Waals surface area contributed by atoms with Crippen molar-refractivity contribution in [3.8, 4) is 0 Å². The first-order chi connectivity index (χ1) is 9.63. The molecule has 3 aromatic rings. The van der Waals surface area contributed by atoms with Crippen LogP contribution < -0.4 is 0 Å². The first-order valence-electron chi connectivity index (χ1n) is 6.42. The van der Waals surface area contributed by atoms with Crippen LogP contribution in [0.2, 0.25) is 0 Å². The second-order valence-corrected chi connectivity index (χ2v) is 4.82. The molecule has 0 radical (unpaired) electrons. The molecule has 0 aliphatic rings. The summed E-state index contributed by atoms with van der Waals surface area (Å²) in [6.07, 6.45) is -0.822. The summed E-state index contributed by atoms with van der Waals surface area (Å²) in [5.41, 5.74) is 2.57. The third-order valence-corrected chi connectivity index (χ3v) is 3.22. The summed E-state index contributed by atoms with van der Waals surface area (Å²) in [7, 11) is 0. The minimum absolute atomic E-state index is 0.148. The Bertz CT molecular complexity index is 718. The zero-order valence-electron chi connectivity index (χ0n) is 11.0. The summed E-state index contributed by atoms with van der Waals surface area (Å²) in [6, 6.07) is 12.0. The molecule has 0 fully saturated rings. The molecule has 0 aliphatic heterocycles. The molecule has 102 valence electrons. The number of nitrogens with zero attached hydrogens (tertiary/aromatic N) is 1. The van der Waals surface area contributed by atoms with E-state index in [0.717, 1.165) is 11.1 Å². The van der Waals surface area contributed by atoms with Crippen LogP contribution in [0.1, 0.15) is 23.1 Å². The molecule has 1 unspecified atom stereocenters. The van der Waals surface area contributed by atoms with E-state index in [-0.39, 0.29) is 12.0 Å². The predicted octanol–water partition coefficient (Wildman–Crippen LogP) is 3.55. The quantitative estimate of drug-likeness (QED) is 0.792. The lowest BCUT2D eigenvalue weighted by molar-refractivity contribution is 0.165. The van der Waals surface area contributed by atoms with Crippen LogP contribution in [0.3, 0.4) is 0 Å². The van der Waals surface area contributed by atoms with Crippen LogP contribution in [0.5, 0.6) is 0 Å². The summed E-state index contributed by atoms with van der Waals surface area (Å²) in [5, 5.41) is 10.2. The van der Waals surface area contributed by atoms with Crippen molar-refractivity contribution in [2.75, 3.05) is 0 Å². The van der Waals surface area contributed by atoms with E-state index in [9.17, 15) is 9.50 Å². The van der Waals surface area contributed by atoms with Crippen molar-refractivity contribution in [2.45, 2.75) is 19.4 Å². The highest BCUT2D eigenvalue weighted by Crippen LogP contribution is 2.24. The zero-order valence-corrected chi connectivity index (χ0v) is 11.0. The van der Waals surface area contributed by atoms with Crippen LogP contribution in [0.4, 0.5) is 4.39 Å². The lowest BCUT2D eigenvalue weighted by Gasteiger charge is -2.10. The molecule has 2 aromatic carbocycles. The lowest BCUT2D eigenvalue weighted by atomic mass is 10.0. The SMILES string of the molecule is Cc1ccc(F)c(C(O)Cc2nc3ccccc3o2)c1. The number of oxazole rings is 1. The number of hydrogen-bond donors (Lipinski definition) is 1. The number of para-hydroxylation sites is 2. The van der Waals surface area contributed by atoms with E-state index in [1.807, 2.05) is 31.2 Å². The number of aromatic nitrogens is 1. The number of aliphatic hydroxyl groups excluding tert-OH is 1. The molecule has 1 aromatic heterocycles. The number of aryl methyl sites for hydroxylation is 1. The van der Waals surface area contributed by atoms with Crippen LogP contribution in [-0.2, 0) is 6.42 Å². The first-order valence-corrected chi connectivity index (χ1v) is 6.42. The van der Waals surface area contributed by atoms with E-state index >= 15 is 0 Å². The molecule has 3 rings (SSSR count). The molecular weight excluding hydrogens is 257 g/mol. The second-order valence-electron chi connectivity index (χ2n) is 4.82. The minimum Gasteiger partial charge on any atom is -0.441 e. The summed E-state index contributed by atoms with van der Waals surface area (Å²) in [5.74, 6) is -0.0150. The molecule has 4 heteroatoms. The Hall–Kier alpha value is -2.20. The first kappa shape index (κ1) is 12.8. The maximum atomic E-state index is 13.7. The Morgan fingerprint density at radius 1 is 1.25 bits per heavy atom. The largest absolute Gasteiger partial charge is 0.441 e. The number of hydrogen-bond acceptors (Lipinski definition) is 3. The Morgan fingerprint density at radius 3 is 2.85 bits per heavy atom. The molecular formula is C16H14FNO2. The number of halogens is 1. The summed E-state index contributed by atoms with van der Waals surface area (Å²) in [4.78, 5) is 4.28. The topological polar surface area (TPSA) is 46.3 Å². The van der Waals surface area contributed by atoms with E-state index in [1.54, 1.807) is 12.1 Å². The average Bonchev–Trinajstić information content (AvgIpc) is 2.83. The van der Waals surface area contributed by atoms with E-state index in [1.165, 1.54) is 6.07 Å². The van der Waals surface area contributed by atoms with Crippen molar-refractivity contribution < 1.29 is 13.9 Å². The van der Waals surface area contributed by atoms with Gasteiger partial charge in [0.2, 0.25) is 0 Å². The van der Waals surface area contributed by atoms with Gasteiger partial charge in [0.25, 0.3) is 0 Å². The Morgan fingerprint density at radius 2 is 2.05 bits per heavy atom. The number of fused-ring (bicyclic) bond motifs is 1. The van der Waals surface area contributed by atoms with Crippen LogP contribution in [0.15, 0.2) is 46.9 Å². The van der Waals surface area contributed by atoms with Crippen molar-refractivity contribution in [3.63, 3.8) is 0 Å².